The fraction of sp³-hybridized carbons (Fsp3) is 0.222. The van der Waals surface area contributed by atoms with Crippen molar-refractivity contribution in [2.24, 2.45) is 0 Å². The van der Waals surface area contributed by atoms with Crippen LogP contribution < -0.4 is 16.0 Å². The van der Waals surface area contributed by atoms with Crippen LogP contribution in [-0.2, 0) is 4.74 Å². The highest BCUT2D eigenvalue weighted by molar-refractivity contribution is 9.10. The second kappa shape index (κ2) is 12.4. The van der Waals surface area contributed by atoms with Crippen molar-refractivity contribution in [3.63, 3.8) is 0 Å². The van der Waals surface area contributed by atoms with Crippen molar-refractivity contribution in [3.05, 3.63) is 97.9 Å². The number of rotatable bonds is 7. The number of carbonyl (C=O) groups excluding carboxylic acids is 3. The van der Waals surface area contributed by atoms with Crippen LogP contribution in [0.1, 0.15) is 53.1 Å². The monoisotopic (exact) mass is 605 g/mol. The molecule has 0 aliphatic rings. The summed E-state index contributed by atoms with van der Waals surface area (Å²) in [7, 11) is 0. The van der Waals surface area contributed by atoms with Crippen LogP contribution in [0.25, 0.3) is 0 Å². The average molecular weight is 607 g/mol. The molecule has 0 saturated carbocycles. The van der Waals surface area contributed by atoms with Crippen molar-refractivity contribution < 1.29 is 19.1 Å². The Labute approximate surface area is 234 Å². The number of amides is 3. The van der Waals surface area contributed by atoms with E-state index in [1.54, 1.807) is 45.0 Å². The molecule has 3 rings (SSSR count). The van der Waals surface area contributed by atoms with Gasteiger partial charge in [-0.05, 0) is 74.9 Å². The molecule has 37 heavy (non-hydrogen) atoms. The summed E-state index contributed by atoms with van der Waals surface area (Å²) in [5, 5.41) is 9.11. The molecule has 0 spiro atoms. The SMILES string of the molecule is CC(C)(C)OC(=O)NC(CNC(=O)c1ccc(NC(=O)c2cc(Cl)cc(Cl)c2)cc1)c1ccccc1Br. The lowest BCUT2D eigenvalue weighted by Gasteiger charge is -2.24. The number of hydrogen-bond donors (Lipinski definition) is 3. The van der Waals surface area contributed by atoms with E-state index >= 15 is 0 Å². The van der Waals surface area contributed by atoms with Crippen molar-refractivity contribution >= 4 is 62.7 Å². The summed E-state index contributed by atoms with van der Waals surface area (Å²) < 4.78 is 6.17. The molecule has 1 unspecified atom stereocenters. The molecule has 3 amide bonds. The van der Waals surface area contributed by atoms with Crippen LogP contribution in [-0.4, -0.2) is 30.1 Å². The maximum Gasteiger partial charge on any atom is 0.408 e. The Hall–Kier alpha value is -3.07. The van der Waals surface area contributed by atoms with Gasteiger partial charge in [-0.25, -0.2) is 4.79 Å². The van der Waals surface area contributed by atoms with E-state index in [0.29, 0.717) is 26.9 Å². The van der Waals surface area contributed by atoms with E-state index in [-0.39, 0.29) is 18.4 Å². The first-order valence-corrected chi connectivity index (χ1v) is 12.9. The molecular formula is C27H26BrCl2N3O4. The lowest BCUT2D eigenvalue weighted by atomic mass is 10.1. The van der Waals surface area contributed by atoms with E-state index in [0.717, 1.165) is 10.0 Å². The van der Waals surface area contributed by atoms with Gasteiger partial charge in [-0.15, -0.1) is 0 Å². The molecule has 0 heterocycles. The third kappa shape index (κ3) is 8.77. The smallest absolute Gasteiger partial charge is 0.408 e. The first-order valence-electron chi connectivity index (χ1n) is 11.3. The van der Waals surface area contributed by atoms with Gasteiger partial charge in [-0.3, -0.25) is 9.59 Å². The van der Waals surface area contributed by atoms with Gasteiger partial charge in [0.2, 0.25) is 0 Å². The van der Waals surface area contributed by atoms with Gasteiger partial charge in [0.1, 0.15) is 5.60 Å². The molecule has 10 heteroatoms. The lowest BCUT2D eigenvalue weighted by molar-refractivity contribution is 0.0500. The van der Waals surface area contributed by atoms with Crippen molar-refractivity contribution in [3.8, 4) is 0 Å². The van der Waals surface area contributed by atoms with E-state index in [1.807, 2.05) is 24.3 Å². The minimum absolute atomic E-state index is 0.120. The van der Waals surface area contributed by atoms with Gasteiger partial charge in [0.15, 0.2) is 0 Å². The first kappa shape index (κ1) is 28.5. The van der Waals surface area contributed by atoms with Gasteiger partial charge in [-0.2, -0.15) is 0 Å². The highest BCUT2D eigenvalue weighted by atomic mass is 79.9. The Morgan fingerprint density at radius 2 is 1.51 bits per heavy atom. The summed E-state index contributed by atoms with van der Waals surface area (Å²) in [4.78, 5) is 37.7. The molecule has 3 aromatic rings. The van der Waals surface area contributed by atoms with Crippen LogP contribution in [0.5, 0.6) is 0 Å². The summed E-state index contributed by atoms with van der Waals surface area (Å²) >= 11 is 15.4. The molecule has 0 bridgehead atoms. The Balaban J connectivity index is 1.66. The maximum absolute atomic E-state index is 12.8. The minimum atomic E-state index is -0.665. The molecule has 0 aromatic heterocycles. The summed E-state index contributed by atoms with van der Waals surface area (Å²) in [6, 6.07) is 17.8. The predicted octanol–water partition coefficient (Wildman–Crippen LogP) is 7.00. The van der Waals surface area contributed by atoms with Crippen molar-refractivity contribution in [2.75, 3.05) is 11.9 Å². The quantitative estimate of drug-likeness (QED) is 0.270. The predicted molar refractivity (Wildman–Crippen MR) is 149 cm³/mol. The summed E-state index contributed by atoms with van der Waals surface area (Å²) in [5.74, 6) is -0.728. The van der Waals surface area contributed by atoms with Crippen molar-refractivity contribution in [1.82, 2.24) is 10.6 Å². The van der Waals surface area contributed by atoms with E-state index in [9.17, 15) is 14.4 Å². The zero-order chi connectivity index (χ0) is 27.2. The van der Waals surface area contributed by atoms with Gasteiger partial charge in [0.05, 0.1) is 6.04 Å². The highest BCUT2D eigenvalue weighted by Crippen LogP contribution is 2.24. The van der Waals surface area contributed by atoms with Gasteiger partial charge in [0.25, 0.3) is 11.8 Å². The molecule has 0 aliphatic carbocycles. The second-order valence-corrected chi connectivity index (χ2v) is 10.8. The Kier molecular flexibility index (Phi) is 9.59. The molecular weight excluding hydrogens is 581 g/mol. The van der Waals surface area contributed by atoms with Crippen LogP contribution in [0.15, 0.2) is 71.2 Å². The van der Waals surface area contributed by atoms with E-state index < -0.39 is 17.7 Å². The number of nitrogens with one attached hydrogen (secondary N) is 3. The topological polar surface area (TPSA) is 96.5 Å². The number of halogens is 3. The molecule has 1 atom stereocenters. The molecule has 0 saturated heterocycles. The average Bonchev–Trinajstić information content (AvgIpc) is 2.80. The minimum Gasteiger partial charge on any atom is -0.444 e. The van der Waals surface area contributed by atoms with Crippen LogP contribution in [0.3, 0.4) is 0 Å². The molecule has 194 valence electrons. The van der Waals surface area contributed by atoms with E-state index in [2.05, 4.69) is 31.9 Å². The largest absolute Gasteiger partial charge is 0.444 e. The number of carbonyl (C=O) groups is 3. The molecule has 0 radical (unpaired) electrons. The highest BCUT2D eigenvalue weighted by Gasteiger charge is 2.22. The molecule has 0 fully saturated rings. The number of hydrogen-bond acceptors (Lipinski definition) is 4. The number of ether oxygens (including phenoxy) is 1. The van der Waals surface area contributed by atoms with Gasteiger partial charge < -0.3 is 20.7 Å². The number of benzene rings is 3. The van der Waals surface area contributed by atoms with Crippen molar-refractivity contribution in [1.29, 1.82) is 0 Å². The fourth-order valence-corrected chi connectivity index (χ4v) is 4.42. The van der Waals surface area contributed by atoms with Gasteiger partial charge in [-0.1, -0.05) is 57.3 Å². The van der Waals surface area contributed by atoms with E-state index in [1.165, 1.54) is 18.2 Å². The standard InChI is InChI=1S/C27H26BrCl2N3O4/c1-27(2,3)37-26(36)33-23(21-6-4-5-7-22(21)28)15-31-24(34)16-8-10-20(11-9-16)32-25(35)17-12-18(29)14-19(30)13-17/h4-14,23H,15H2,1-3H3,(H,31,34)(H,32,35)(H,33,36). The molecule has 3 aromatic carbocycles. The van der Waals surface area contributed by atoms with Crippen LogP contribution in [0, 0.1) is 0 Å². The lowest BCUT2D eigenvalue weighted by Crippen LogP contribution is -2.40. The summed E-state index contributed by atoms with van der Waals surface area (Å²) in [6.07, 6.45) is -0.594. The third-order valence-electron chi connectivity index (χ3n) is 4.97. The Morgan fingerprint density at radius 3 is 2.11 bits per heavy atom. The molecule has 7 nitrogen and oxygen atoms in total. The fourth-order valence-electron chi connectivity index (χ4n) is 3.34. The Bertz CT molecular complexity index is 1270. The first-order chi connectivity index (χ1) is 17.4. The van der Waals surface area contributed by atoms with Crippen LogP contribution in [0.2, 0.25) is 10.0 Å². The van der Waals surface area contributed by atoms with Gasteiger partial charge >= 0.3 is 6.09 Å². The molecule has 3 N–H and O–H groups in total. The van der Waals surface area contributed by atoms with Gasteiger partial charge in [0, 0.05) is 37.9 Å². The summed E-state index contributed by atoms with van der Waals surface area (Å²) in [5.41, 5.74) is 1.31. The number of anilines is 1. The summed E-state index contributed by atoms with van der Waals surface area (Å²) in [6.45, 7) is 5.45. The number of alkyl carbamates (subject to hydrolysis) is 1. The third-order valence-corrected chi connectivity index (χ3v) is 6.13. The van der Waals surface area contributed by atoms with Crippen LogP contribution >= 0.6 is 39.1 Å². The Morgan fingerprint density at radius 1 is 0.892 bits per heavy atom. The zero-order valence-electron chi connectivity index (χ0n) is 20.4. The normalized spacial score (nSPS) is 11.8. The van der Waals surface area contributed by atoms with E-state index in [4.69, 9.17) is 27.9 Å². The van der Waals surface area contributed by atoms with Crippen LogP contribution in [0.4, 0.5) is 10.5 Å². The molecule has 0 aliphatic heterocycles. The zero-order valence-corrected chi connectivity index (χ0v) is 23.5. The maximum atomic E-state index is 12.8. The van der Waals surface area contributed by atoms with Crippen molar-refractivity contribution in [2.45, 2.75) is 32.4 Å². The second-order valence-electron chi connectivity index (χ2n) is 9.12.